The van der Waals surface area contributed by atoms with Gasteiger partial charge in [-0.2, -0.15) is 0 Å². The lowest BCUT2D eigenvalue weighted by atomic mass is 10.1. The number of amides is 1. The van der Waals surface area contributed by atoms with E-state index in [1.165, 1.54) is 4.90 Å². The maximum absolute atomic E-state index is 11.2. The van der Waals surface area contributed by atoms with Crippen molar-refractivity contribution in [1.29, 1.82) is 5.41 Å². The van der Waals surface area contributed by atoms with Gasteiger partial charge in [0.15, 0.2) is 0 Å². The number of anilines is 1. The largest absolute Gasteiger partial charge is 0.380 e. The first-order valence-electron chi connectivity index (χ1n) is 6.46. The van der Waals surface area contributed by atoms with Gasteiger partial charge in [-0.15, -0.1) is 11.8 Å². The molecule has 2 aromatic carbocycles. The van der Waals surface area contributed by atoms with E-state index in [1.807, 2.05) is 18.4 Å². The highest BCUT2D eigenvalue weighted by atomic mass is 32.2. The van der Waals surface area contributed by atoms with Crippen LogP contribution in [0.4, 0.5) is 5.69 Å². The standard InChI is InChI=1S/C16H17N3OS/c1-21-12-8-6-11(7-9-12)10-19-14-5-3-2-4-13(14)15(17)16(18)20/h2-9,17,19H,10H2,1H3,(H2,18,20). The van der Waals surface area contributed by atoms with Crippen LogP contribution in [0.5, 0.6) is 0 Å². The minimum atomic E-state index is -0.728. The summed E-state index contributed by atoms with van der Waals surface area (Å²) in [6, 6.07) is 15.4. The first-order chi connectivity index (χ1) is 10.1. The second kappa shape index (κ2) is 6.95. The summed E-state index contributed by atoms with van der Waals surface area (Å²) < 4.78 is 0. The van der Waals surface area contributed by atoms with E-state index < -0.39 is 5.91 Å². The molecule has 108 valence electrons. The number of hydrogen-bond acceptors (Lipinski definition) is 4. The first-order valence-corrected chi connectivity index (χ1v) is 7.69. The van der Waals surface area contributed by atoms with Crippen molar-refractivity contribution in [3.05, 3.63) is 59.7 Å². The van der Waals surface area contributed by atoms with Gasteiger partial charge in [-0.05, 0) is 30.0 Å². The Morgan fingerprint density at radius 3 is 2.48 bits per heavy atom. The van der Waals surface area contributed by atoms with Crippen molar-refractivity contribution in [1.82, 2.24) is 0 Å². The lowest BCUT2D eigenvalue weighted by Crippen LogP contribution is -2.24. The Hall–Kier alpha value is -2.27. The van der Waals surface area contributed by atoms with Crippen LogP contribution in [0.3, 0.4) is 0 Å². The Bertz CT molecular complexity index is 653. The minimum absolute atomic E-state index is 0.184. The summed E-state index contributed by atoms with van der Waals surface area (Å²) in [5, 5.41) is 11.0. The van der Waals surface area contributed by atoms with E-state index in [0.717, 1.165) is 11.3 Å². The molecule has 0 aromatic heterocycles. The molecule has 0 fully saturated rings. The molecule has 2 rings (SSSR count). The van der Waals surface area contributed by atoms with E-state index in [0.29, 0.717) is 12.1 Å². The van der Waals surface area contributed by atoms with Gasteiger partial charge in [-0.3, -0.25) is 10.2 Å². The molecule has 1 amide bonds. The second-order valence-electron chi connectivity index (χ2n) is 4.49. The number of primary amides is 1. The SMILES string of the molecule is CSc1ccc(CNc2ccccc2C(=N)C(N)=O)cc1. The maximum atomic E-state index is 11.2. The van der Waals surface area contributed by atoms with Gasteiger partial charge < -0.3 is 11.1 Å². The lowest BCUT2D eigenvalue weighted by Gasteiger charge is -2.11. The molecular formula is C16H17N3OS. The van der Waals surface area contributed by atoms with E-state index in [2.05, 4.69) is 29.6 Å². The molecule has 4 N–H and O–H groups in total. The molecule has 21 heavy (non-hydrogen) atoms. The molecule has 0 atom stereocenters. The summed E-state index contributed by atoms with van der Waals surface area (Å²) >= 11 is 1.70. The molecule has 0 unspecified atom stereocenters. The van der Waals surface area contributed by atoms with Crippen molar-refractivity contribution in [2.45, 2.75) is 11.4 Å². The number of rotatable bonds is 6. The lowest BCUT2D eigenvalue weighted by molar-refractivity contribution is -0.112. The third kappa shape index (κ3) is 3.86. The van der Waals surface area contributed by atoms with Gasteiger partial charge in [0.1, 0.15) is 5.71 Å². The Morgan fingerprint density at radius 1 is 1.19 bits per heavy atom. The molecule has 0 aliphatic rings. The summed E-state index contributed by atoms with van der Waals surface area (Å²) in [5.41, 5.74) is 7.38. The van der Waals surface area contributed by atoms with Gasteiger partial charge in [0.25, 0.3) is 5.91 Å². The third-order valence-corrected chi connectivity index (χ3v) is 3.83. The van der Waals surface area contributed by atoms with Crippen molar-refractivity contribution in [2.75, 3.05) is 11.6 Å². The fraction of sp³-hybridized carbons (Fsp3) is 0.125. The van der Waals surface area contributed by atoms with Crippen molar-refractivity contribution < 1.29 is 4.79 Å². The number of carbonyl (C=O) groups excluding carboxylic acids is 1. The van der Waals surface area contributed by atoms with E-state index in [4.69, 9.17) is 11.1 Å². The summed E-state index contributed by atoms with van der Waals surface area (Å²) in [5.74, 6) is -0.728. The molecule has 0 spiro atoms. The Balaban J connectivity index is 2.12. The number of para-hydroxylation sites is 1. The van der Waals surface area contributed by atoms with Crippen LogP contribution < -0.4 is 11.1 Å². The Labute approximate surface area is 128 Å². The van der Waals surface area contributed by atoms with Gasteiger partial charge in [-0.25, -0.2) is 0 Å². The van der Waals surface area contributed by atoms with Crippen LogP contribution in [0.15, 0.2) is 53.4 Å². The normalized spacial score (nSPS) is 10.1. The molecule has 0 radical (unpaired) electrons. The first kappa shape index (κ1) is 15.1. The van der Waals surface area contributed by atoms with Crippen LogP contribution in [-0.2, 0) is 11.3 Å². The fourth-order valence-electron chi connectivity index (χ4n) is 1.93. The highest BCUT2D eigenvalue weighted by molar-refractivity contribution is 7.98. The maximum Gasteiger partial charge on any atom is 0.267 e. The zero-order valence-corrected chi connectivity index (χ0v) is 12.5. The van der Waals surface area contributed by atoms with Crippen LogP contribution in [0.1, 0.15) is 11.1 Å². The fourth-order valence-corrected chi connectivity index (χ4v) is 2.34. The molecule has 5 heteroatoms. The van der Waals surface area contributed by atoms with Gasteiger partial charge in [0, 0.05) is 22.7 Å². The average Bonchev–Trinajstić information content (AvgIpc) is 2.53. The zero-order valence-electron chi connectivity index (χ0n) is 11.7. The van der Waals surface area contributed by atoms with Crippen LogP contribution >= 0.6 is 11.8 Å². The molecule has 0 heterocycles. The predicted molar refractivity (Wildman–Crippen MR) is 88.0 cm³/mol. The van der Waals surface area contributed by atoms with Crippen molar-refractivity contribution in [3.63, 3.8) is 0 Å². The van der Waals surface area contributed by atoms with Gasteiger partial charge in [-0.1, -0.05) is 30.3 Å². The molecular weight excluding hydrogens is 282 g/mol. The summed E-state index contributed by atoms with van der Waals surface area (Å²) in [6.45, 7) is 0.623. The predicted octanol–water partition coefficient (Wildman–Crippen LogP) is 2.87. The number of benzene rings is 2. The van der Waals surface area contributed by atoms with E-state index in [9.17, 15) is 4.79 Å². The van der Waals surface area contributed by atoms with Gasteiger partial charge >= 0.3 is 0 Å². The topological polar surface area (TPSA) is 79.0 Å². The molecule has 0 aliphatic carbocycles. The number of thioether (sulfide) groups is 1. The Kier molecular flexibility index (Phi) is 5.00. The third-order valence-electron chi connectivity index (χ3n) is 3.08. The average molecular weight is 299 g/mol. The summed E-state index contributed by atoms with van der Waals surface area (Å²) in [7, 11) is 0. The highest BCUT2D eigenvalue weighted by Gasteiger charge is 2.11. The van der Waals surface area contributed by atoms with Crippen LogP contribution in [0.2, 0.25) is 0 Å². The second-order valence-corrected chi connectivity index (χ2v) is 5.37. The summed E-state index contributed by atoms with van der Waals surface area (Å²) in [4.78, 5) is 12.4. The van der Waals surface area contributed by atoms with E-state index in [1.54, 1.807) is 23.9 Å². The molecule has 0 saturated heterocycles. The number of nitrogens with one attached hydrogen (secondary N) is 2. The minimum Gasteiger partial charge on any atom is -0.380 e. The quantitative estimate of drug-likeness (QED) is 0.567. The van der Waals surface area contributed by atoms with Gasteiger partial charge in [0.05, 0.1) is 0 Å². The van der Waals surface area contributed by atoms with Crippen LogP contribution in [0, 0.1) is 5.41 Å². The smallest absolute Gasteiger partial charge is 0.267 e. The van der Waals surface area contributed by atoms with Crippen molar-refractivity contribution in [3.8, 4) is 0 Å². The zero-order chi connectivity index (χ0) is 15.2. The number of hydrogen-bond donors (Lipinski definition) is 3. The Morgan fingerprint density at radius 2 is 1.86 bits per heavy atom. The molecule has 2 aromatic rings. The molecule has 4 nitrogen and oxygen atoms in total. The number of carbonyl (C=O) groups is 1. The van der Waals surface area contributed by atoms with Crippen LogP contribution in [-0.4, -0.2) is 17.9 Å². The number of nitrogens with two attached hydrogens (primary N) is 1. The van der Waals surface area contributed by atoms with Gasteiger partial charge in [0.2, 0.25) is 0 Å². The molecule has 0 bridgehead atoms. The molecule has 0 saturated carbocycles. The monoisotopic (exact) mass is 299 g/mol. The highest BCUT2D eigenvalue weighted by Crippen LogP contribution is 2.18. The molecule has 0 aliphatic heterocycles. The van der Waals surface area contributed by atoms with Crippen molar-refractivity contribution in [2.24, 2.45) is 5.73 Å². The van der Waals surface area contributed by atoms with Crippen LogP contribution in [0.25, 0.3) is 0 Å². The van der Waals surface area contributed by atoms with Crippen molar-refractivity contribution >= 4 is 29.1 Å². The summed E-state index contributed by atoms with van der Waals surface area (Å²) in [6.07, 6.45) is 2.04. The van der Waals surface area contributed by atoms with E-state index >= 15 is 0 Å². The van der Waals surface area contributed by atoms with E-state index in [-0.39, 0.29) is 5.71 Å².